The van der Waals surface area contributed by atoms with Crippen molar-refractivity contribution in [3.05, 3.63) is 71.7 Å². The molecule has 0 bridgehead atoms. The van der Waals surface area contributed by atoms with Crippen LogP contribution in [0.15, 0.2) is 64.8 Å². The predicted molar refractivity (Wildman–Crippen MR) is 73.9 cm³/mol. The Morgan fingerprint density at radius 3 is 2.74 bits per heavy atom. The molecule has 0 unspecified atom stereocenters. The summed E-state index contributed by atoms with van der Waals surface area (Å²) < 4.78 is 5.18. The van der Waals surface area contributed by atoms with E-state index in [1.807, 2.05) is 19.1 Å². The fraction of sp³-hybridized carbons (Fsp3) is 0.0625. The number of furan rings is 1. The average Bonchev–Trinajstić information content (AvgIpc) is 2.88. The number of hydrogen-bond donors (Lipinski definition) is 1. The summed E-state index contributed by atoms with van der Waals surface area (Å²) in [6.45, 7) is 1.88. The minimum absolute atomic E-state index is 0.0853. The molecule has 0 fully saturated rings. The summed E-state index contributed by atoms with van der Waals surface area (Å²) in [5.41, 5.74) is 1.37. The molecule has 0 radical (unpaired) electrons. The van der Waals surface area contributed by atoms with Gasteiger partial charge in [0.25, 0.3) is 0 Å². The van der Waals surface area contributed by atoms with Gasteiger partial charge in [0.15, 0.2) is 5.78 Å². The molecule has 0 saturated heterocycles. The van der Waals surface area contributed by atoms with Crippen LogP contribution in [-0.2, 0) is 0 Å². The van der Waals surface area contributed by atoms with Crippen molar-refractivity contribution in [1.29, 1.82) is 0 Å². The third kappa shape index (κ3) is 3.71. The zero-order valence-corrected chi connectivity index (χ0v) is 10.5. The van der Waals surface area contributed by atoms with Gasteiger partial charge in [-0.3, -0.25) is 4.79 Å². The zero-order chi connectivity index (χ0) is 13.7. The summed E-state index contributed by atoms with van der Waals surface area (Å²) in [7, 11) is 0. The number of phenolic OH excluding ortho intramolecular Hbond substituents is 1. The van der Waals surface area contributed by atoms with Crippen molar-refractivity contribution in [1.82, 2.24) is 0 Å². The molecule has 1 aromatic carbocycles. The number of carbonyl (C=O) groups excluding carboxylic acids is 1. The van der Waals surface area contributed by atoms with Gasteiger partial charge in [0.05, 0.1) is 6.26 Å². The van der Waals surface area contributed by atoms with Crippen LogP contribution in [-0.4, -0.2) is 10.9 Å². The van der Waals surface area contributed by atoms with Gasteiger partial charge in [0, 0.05) is 5.56 Å². The normalized spacial score (nSPS) is 11.9. The summed E-state index contributed by atoms with van der Waals surface area (Å²) in [6.07, 6.45) is 6.63. The molecule has 19 heavy (non-hydrogen) atoms. The van der Waals surface area contributed by atoms with Crippen LogP contribution in [0.1, 0.15) is 23.0 Å². The smallest absolute Gasteiger partial charge is 0.185 e. The molecule has 1 aromatic heterocycles. The van der Waals surface area contributed by atoms with Crippen LogP contribution in [0.2, 0.25) is 0 Å². The van der Waals surface area contributed by atoms with Gasteiger partial charge in [-0.15, -0.1) is 0 Å². The van der Waals surface area contributed by atoms with Gasteiger partial charge in [0.2, 0.25) is 0 Å². The maximum absolute atomic E-state index is 11.9. The van der Waals surface area contributed by atoms with Crippen LogP contribution < -0.4 is 0 Å². The fourth-order valence-electron chi connectivity index (χ4n) is 1.61. The molecule has 3 nitrogen and oxygen atoms in total. The lowest BCUT2D eigenvalue weighted by Gasteiger charge is -1.96. The number of carbonyl (C=O) groups is 1. The Labute approximate surface area is 111 Å². The van der Waals surface area contributed by atoms with Crippen molar-refractivity contribution in [2.45, 2.75) is 6.92 Å². The highest BCUT2D eigenvalue weighted by Gasteiger charge is 2.01. The highest BCUT2D eigenvalue weighted by atomic mass is 16.3. The second-order valence-electron chi connectivity index (χ2n) is 4.15. The van der Waals surface area contributed by atoms with Crippen molar-refractivity contribution in [3.8, 4) is 5.75 Å². The molecule has 0 saturated carbocycles. The molecule has 2 rings (SSSR count). The molecule has 2 aromatic rings. The first-order chi connectivity index (χ1) is 9.15. The molecule has 0 aliphatic heterocycles. The summed E-state index contributed by atoms with van der Waals surface area (Å²) in [5.74, 6) is 0.678. The average molecular weight is 254 g/mol. The Kier molecular flexibility index (Phi) is 3.98. The van der Waals surface area contributed by atoms with Gasteiger partial charge in [-0.2, -0.15) is 0 Å². The van der Waals surface area contributed by atoms with E-state index in [2.05, 4.69) is 0 Å². The molecular weight excluding hydrogens is 240 g/mol. The van der Waals surface area contributed by atoms with Crippen molar-refractivity contribution < 1.29 is 14.3 Å². The Morgan fingerprint density at radius 1 is 1.21 bits per heavy atom. The Hall–Kier alpha value is -2.55. The van der Waals surface area contributed by atoms with Crippen molar-refractivity contribution in [2.24, 2.45) is 0 Å². The van der Waals surface area contributed by atoms with Crippen LogP contribution >= 0.6 is 0 Å². The molecule has 0 atom stereocenters. The third-order valence-corrected chi connectivity index (χ3v) is 2.54. The van der Waals surface area contributed by atoms with E-state index in [0.717, 1.165) is 11.3 Å². The van der Waals surface area contributed by atoms with Crippen molar-refractivity contribution in [3.63, 3.8) is 0 Å². The highest BCUT2D eigenvalue weighted by molar-refractivity contribution is 6.05. The lowest BCUT2D eigenvalue weighted by atomic mass is 10.1. The van der Waals surface area contributed by atoms with Gasteiger partial charge in [-0.25, -0.2) is 0 Å². The molecule has 0 spiro atoms. The molecule has 1 N–H and O–H groups in total. The number of aromatic hydroxyl groups is 1. The van der Waals surface area contributed by atoms with Crippen molar-refractivity contribution in [2.75, 3.05) is 0 Å². The predicted octanol–water partition coefficient (Wildman–Crippen LogP) is 3.83. The van der Waals surface area contributed by atoms with E-state index in [1.54, 1.807) is 30.5 Å². The molecule has 0 amide bonds. The topological polar surface area (TPSA) is 50.4 Å². The standard InChI is InChI=1S/C16H14O3/c1-12(10-15-6-3-9-19-15)7-8-16(18)13-4-2-5-14(17)11-13/h2-11,17H,1H3/b8-7+,12-10+. The number of benzene rings is 1. The van der Waals surface area contributed by atoms with Gasteiger partial charge in [0.1, 0.15) is 11.5 Å². The lowest BCUT2D eigenvalue weighted by Crippen LogP contribution is -1.93. The molecular formula is C16H14O3. The first-order valence-corrected chi connectivity index (χ1v) is 5.88. The number of ketones is 1. The first-order valence-electron chi connectivity index (χ1n) is 5.88. The van der Waals surface area contributed by atoms with Crippen LogP contribution in [0.4, 0.5) is 0 Å². The van der Waals surface area contributed by atoms with Gasteiger partial charge < -0.3 is 9.52 Å². The Morgan fingerprint density at radius 2 is 2.05 bits per heavy atom. The molecule has 3 heteroatoms. The van der Waals surface area contributed by atoms with Crippen LogP contribution in [0.25, 0.3) is 6.08 Å². The number of allylic oxidation sites excluding steroid dienone is 3. The summed E-state index contributed by atoms with van der Waals surface area (Å²) in [4.78, 5) is 11.9. The van der Waals surface area contributed by atoms with Crippen LogP contribution in [0.3, 0.4) is 0 Å². The van der Waals surface area contributed by atoms with E-state index < -0.39 is 0 Å². The number of phenols is 1. The first kappa shape index (κ1) is 12.9. The number of hydrogen-bond acceptors (Lipinski definition) is 3. The van der Waals surface area contributed by atoms with Gasteiger partial charge in [-0.1, -0.05) is 18.2 Å². The molecule has 1 heterocycles. The molecule has 0 aliphatic rings. The van der Waals surface area contributed by atoms with E-state index in [9.17, 15) is 9.90 Å². The van der Waals surface area contributed by atoms with Gasteiger partial charge in [-0.05, 0) is 48.9 Å². The van der Waals surface area contributed by atoms with Crippen molar-refractivity contribution >= 4 is 11.9 Å². The fourth-order valence-corrected chi connectivity index (χ4v) is 1.61. The largest absolute Gasteiger partial charge is 0.508 e. The zero-order valence-electron chi connectivity index (χ0n) is 10.5. The summed E-state index contributed by atoms with van der Waals surface area (Å²) in [5, 5.41) is 9.31. The minimum Gasteiger partial charge on any atom is -0.508 e. The van der Waals surface area contributed by atoms with E-state index in [0.29, 0.717) is 5.56 Å². The SMILES string of the molecule is CC(/C=C/C(=O)c1cccc(O)c1)=C\c1ccco1. The molecule has 96 valence electrons. The lowest BCUT2D eigenvalue weighted by molar-refractivity contribution is 0.104. The second-order valence-corrected chi connectivity index (χ2v) is 4.15. The highest BCUT2D eigenvalue weighted by Crippen LogP contribution is 2.13. The quantitative estimate of drug-likeness (QED) is 0.512. The Bertz CT molecular complexity index is 619. The van der Waals surface area contributed by atoms with E-state index in [-0.39, 0.29) is 11.5 Å². The van der Waals surface area contributed by atoms with E-state index >= 15 is 0 Å². The van der Waals surface area contributed by atoms with Crippen LogP contribution in [0, 0.1) is 0 Å². The second kappa shape index (κ2) is 5.87. The summed E-state index contributed by atoms with van der Waals surface area (Å²) >= 11 is 0. The van der Waals surface area contributed by atoms with Crippen LogP contribution in [0.5, 0.6) is 5.75 Å². The molecule has 0 aliphatic carbocycles. The minimum atomic E-state index is -0.150. The third-order valence-electron chi connectivity index (χ3n) is 2.54. The number of rotatable bonds is 4. The monoisotopic (exact) mass is 254 g/mol. The maximum Gasteiger partial charge on any atom is 0.185 e. The van der Waals surface area contributed by atoms with E-state index in [1.165, 1.54) is 18.2 Å². The van der Waals surface area contributed by atoms with E-state index in [4.69, 9.17) is 4.42 Å². The maximum atomic E-state index is 11.9. The summed E-state index contributed by atoms with van der Waals surface area (Å²) in [6, 6.07) is 9.93. The van der Waals surface area contributed by atoms with Gasteiger partial charge >= 0.3 is 0 Å². The Balaban J connectivity index is 2.08.